The lowest BCUT2D eigenvalue weighted by molar-refractivity contribution is 0.102. The summed E-state index contributed by atoms with van der Waals surface area (Å²) in [6.45, 7) is 0. The fourth-order valence-electron chi connectivity index (χ4n) is 2.33. The van der Waals surface area contributed by atoms with Crippen LogP contribution >= 0.6 is 39.7 Å². The average Bonchev–Trinajstić information content (AvgIpc) is 2.79. The first-order valence-electron chi connectivity index (χ1n) is 6.54. The molecule has 8 heteroatoms. The SMILES string of the molecule is Cl.N[C@H]1CCc2nc(NC(=O)c3c(F)cccc3Br)sc2C1. The molecule has 1 aliphatic rings. The first-order chi connectivity index (χ1) is 10.0. The van der Waals surface area contributed by atoms with Crippen LogP contribution in [-0.2, 0) is 12.8 Å². The summed E-state index contributed by atoms with van der Waals surface area (Å²) in [4.78, 5) is 17.7. The molecule has 3 rings (SSSR count). The summed E-state index contributed by atoms with van der Waals surface area (Å²) in [5, 5.41) is 3.16. The van der Waals surface area contributed by atoms with Crippen LogP contribution in [0.2, 0.25) is 0 Å². The molecule has 22 heavy (non-hydrogen) atoms. The number of carbonyl (C=O) groups is 1. The van der Waals surface area contributed by atoms with E-state index in [1.807, 2.05) is 0 Å². The summed E-state index contributed by atoms with van der Waals surface area (Å²) in [5.41, 5.74) is 6.91. The van der Waals surface area contributed by atoms with Gasteiger partial charge in [0.2, 0.25) is 0 Å². The van der Waals surface area contributed by atoms with Crippen LogP contribution in [0.5, 0.6) is 0 Å². The number of nitrogens with two attached hydrogens (primary N) is 1. The largest absolute Gasteiger partial charge is 0.327 e. The van der Waals surface area contributed by atoms with E-state index in [1.54, 1.807) is 12.1 Å². The molecule has 1 heterocycles. The predicted octanol–water partition coefficient (Wildman–Crippen LogP) is 3.53. The molecule has 0 aliphatic heterocycles. The van der Waals surface area contributed by atoms with Crippen molar-refractivity contribution in [3.8, 4) is 0 Å². The highest BCUT2D eigenvalue weighted by Gasteiger charge is 2.22. The fraction of sp³-hybridized carbons (Fsp3) is 0.286. The van der Waals surface area contributed by atoms with Gasteiger partial charge in [-0.25, -0.2) is 9.37 Å². The van der Waals surface area contributed by atoms with Gasteiger partial charge in [-0.2, -0.15) is 0 Å². The standard InChI is InChI=1S/C14H13BrFN3OS.ClH/c15-8-2-1-3-9(16)12(8)13(20)19-14-18-10-5-4-7(17)6-11(10)21-14;/h1-3,7H,4-6,17H2,(H,18,19,20);1H/t7-;/m0./s1. The number of thiazole rings is 1. The number of benzene rings is 1. The second-order valence-corrected chi connectivity index (χ2v) is 6.88. The Bertz CT molecular complexity index is 689. The van der Waals surface area contributed by atoms with E-state index >= 15 is 0 Å². The summed E-state index contributed by atoms with van der Waals surface area (Å²) in [5.74, 6) is -1.07. The van der Waals surface area contributed by atoms with Gasteiger partial charge in [-0.1, -0.05) is 6.07 Å². The molecule has 2 aromatic rings. The molecular formula is C14H14BrClFN3OS. The van der Waals surface area contributed by atoms with E-state index < -0.39 is 11.7 Å². The molecule has 1 aliphatic carbocycles. The van der Waals surface area contributed by atoms with E-state index in [4.69, 9.17) is 5.73 Å². The molecule has 1 amide bonds. The predicted molar refractivity (Wildman–Crippen MR) is 91.4 cm³/mol. The maximum Gasteiger partial charge on any atom is 0.261 e. The van der Waals surface area contributed by atoms with Crippen LogP contribution in [0.4, 0.5) is 9.52 Å². The molecule has 1 aromatic heterocycles. The third kappa shape index (κ3) is 3.48. The van der Waals surface area contributed by atoms with Crippen LogP contribution in [0.3, 0.4) is 0 Å². The Kier molecular flexibility index (Phi) is 5.55. The highest BCUT2D eigenvalue weighted by Crippen LogP contribution is 2.30. The van der Waals surface area contributed by atoms with Gasteiger partial charge in [-0.15, -0.1) is 23.7 Å². The number of rotatable bonds is 2. The van der Waals surface area contributed by atoms with Crippen molar-refractivity contribution in [2.45, 2.75) is 25.3 Å². The number of aromatic nitrogens is 1. The summed E-state index contributed by atoms with van der Waals surface area (Å²) >= 11 is 4.60. The zero-order chi connectivity index (χ0) is 15.0. The van der Waals surface area contributed by atoms with Gasteiger partial charge in [-0.05, 0) is 47.3 Å². The number of aryl methyl sites for hydroxylation is 1. The lowest BCUT2D eigenvalue weighted by Gasteiger charge is -2.15. The van der Waals surface area contributed by atoms with Gasteiger partial charge in [0.25, 0.3) is 5.91 Å². The summed E-state index contributed by atoms with van der Waals surface area (Å²) < 4.78 is 14.2. The van der Waals surface area contributed by atoms with Crippen molar-refractivity contribution in [1.82, 2.24) is 4.98 Å². The lowest BCUT2D eigenvalue weighted by Crippen LogP contribution is -2.27. The van der Waals surface area contributed by atoms with E-state index in [1.165, 1.54) is 17.4 Å². The van der Waals surface area contributed by atoms with Gasteiger partial charge in [0, 0.05) is 15.4 Å². The summed E-state index contributed by atoms with van der Waals surface area (Å²) in [6.07, 6.45) is 2.52. The van der Waals surface area contributed by atoms with Crippen LogP contribution in [0.1, 0.15) is 27.3 Å². The van der Waals surface area contributed by atoms with Gasteiger partial charge >= 0.3 is 0 Å². The number of carbonyl (C=O) groups excluding carboxylic acids is 1. The summed E-state index contributed by atoms with van der Waals surface area (Å²) in [6, 6.07) is 4.58. The van der Waals surface area contributed by atoms with Crippen LogP contribution in [0.25, 0.3) is 0 Å². The maximum absolute atomic E-state index is 13.8. The Morgan fingerprint density at radius 1 is 1.50 bits per heavy atom. The molecule has 3 N–H and O–H groups in total. The van der Waals surface area contributed by atoms with E-state index in [-0.39, 0.29) is 24.0 Å². The van der Waals surface area contributed by atoms with Crippen molar-refractivity contribution < 1.29 is 9.18 Å². The van der Waals surface area contributed by atoms with Crippen molar-refractivity contribution in [3.05, 3.63) is 44.6 Å². The van der Waals surface area contributed by atoms with Crippen molar-refractivity contribution >= 4 is 50.7 Å². The highest BCUT2D eigenvalue weighted by molar-refractivity contribution is 9.10. The Hall–Kier alpha value is -1.02. The maximum atomic E-state index is 13.8. The zero-order valence-electron chi connectivity index (χ0n) is 11.4. The van der Waals surface area contributed by atoms with Gasteiger partial charge in [-0.3, -0.25) is 10.1 Å². The third-order valence-corrected chi connectivity index (χ3v) is 5.08. The van der Waals surface area contributed by atoms with Crippen molar-refractivity contribution in [3.63, 3.8) is 0 Å². The van der Waals surface area contributed by atoms with Crippen LogP contribution in [0.15, 0.2) is 22.7 Å². The average molecular weight is 407 g/mol. The molecular weight excluding hydrogens is 393 g/mol. The first-order valence-corrected chi connectivity index (χ1v) is 8.15. The Morgan fingerprint density at radius 3 is 3.00 bits per heavy atom. The second kappa shape index (κ2) is 7.04. The number of nitrogens with zero attached hydrogens (tertiary/aromatic N) is 1. The smallest absolute Gasteiger partial charge is 0.261 e. The summed E-state index contributed by atoms with van der Waals surface area (Å²) in [7, 11) is 0. The highest BCUT2D eigenvalue weighted by atomic mass is 79.9. The molecule has 0 saturated heterocycles. The number of fused-ring (bicyclic) bond motifs is 1. The normalized spacial score (nSPS) is 16.6. The van der Waals surface area contributed by atoms with Crippen molar-refractivity contribution in [2.24, 2.45) is 5.73 Å². The zero-order valence-corrected chi connectivity index (χ0v) is 14.7. The molecule has 4 nitrogen and oxygen atoms in total. The quantitative estimate of drug-likeness (QED) is 0.801. The van der Waals surface area contributed by atoms with Crippen molar-refractivity contribution in [1.29, 1.82) is 0 Å². The molecule has 0 fully saturated rings. The number of hydrogen-bond acceptors (Lipinski definition) is 4. The fourth-order valence-corrected chi connectivity index (χ4v) is 3.95. The third-order valence-electron chi connectivity index (χ3n) is 3.39. The van der Waals surface area contributed by atoms with Gasteiger partial charge < -0.3 is 5.73 Å². The van der Waals surface area contributed by atoms with Gasteiger partial charge in [0.05, 0.1) is 11.3 Å². The van der Waals surface area contributed by atoms with Crippen LogP contribution in [0, 0.1) is 5.82 Å². The Morgan fingerprint density at radius 2 is 2.27 bits per heavy atom. The molecule has 118 valence electrons. The number of nitrogens with one attached hydrogen (secondary N) is 1. The number of amides is 1. The second-order valence-electron chi connectivity index (χ2n) is 4.94. The van der Waals surface area contributed by atoms with E-state index in [2.05, 4.69) is 26.2 Å². The van der Waals surface area contributed by atoms with Gasteiger partial charge in [0.1, 0.15) is 5.82 Å². The number of halogens is 3. The molecule has 1 atom stereocenters. The molecule has 1 aromatic carbocycles. The minimum Gasteiger partial charge on any atom is -0.327 e. The van der Waals surface area contributed by atoms with Gasteiger partial charge in [0.15, 0.2) is 5.13 Å². The van der Waals surface area contributed by atoms with Crippen LogP contribution in [-0.4, -0.2) is 16.9 Å². The molecule has 0 radical (unpaired) electrons. The lowest BCUT2D eigenvalue weighted by atomic mass is 9.99. The topological polar surface area (TPSA) is 68.0 Å². The number of hydrogen-bond donors (Lipinski definition) is 2. The molecule has 0 spiro atoms. The van der Waals surface area contributed by atoms with E-state index in [0.717, 1.165) is 29.8 Å². The van der Waals surface area contributed by atoms with Crippen LogP contribution < -0.4 is 11.1 Å². The van der Waals surface area contributed by atoms with E-state index in [9.17, 15) is 9.18 Å². The Labute approximate surface area is 145 Å². The Balaban J connectivity index is 0.00000176. The molecule has 0 unspecified atom stereocenters. The van der Waals surface area contributed by atoms with Crippen molar-refractivity contribution in [2.75, 3.05) is 5.32 Å². The minimum absolute atomic E-state index is 0. The van der Waals surface area contributed by atoms with E-state index in [0.29, 0.717) is 9.60 Å². The minimum atomic E-state index is -0.565. The molecule has 0 saturated carbocycles. The number of anilines is 1. The monoisotopic (exact) mass is 405 g/mol. The molecule has 0 bridgehead atoms. The first kappa shape index (κ1) is 17.3.